The lowest BCUT2D eigenvalue weighted by Gasteiger charge is -2.41. The maximum atomic E-state index is 12.4. The van der Waals surface area contributed by atoms with Crippen LogP contribution >= 0.6 is 0 Å². The fourth-order valence-corrected chi connectivity index (χ4v) is 4.27. The average Bonchev–Trinajstić information content (AvgIpc) is 2.67. The number of rotatable bonds is 3. The molecule has 0 saturated carbocycles. The van der Waals surface area contributed by atoms with E-state index < -0.39 is 5.60 Å². The monoisotopic (exact) mass is 388 g/mol. The molecule has 1 aromatic rings. The highest BCUT2D eigenvalue weighted by Crippen LogP contribution is 2.36. The molecule has 2 saturated heterocycles. The number of likely N-dealkylation sites (tertiary alicyclic amines) is 1. The van der Waals surface area contributed by atoms with E-state index in [2.05, 4.69) is 35.8 Å². The lowest BCUT2D eigenvalue weighted by Crippen LogP contribution is -2.50. The van der Waals surface area contributed by atoms with Crippen LogP contribution in [0.5, 0.6) is 0 Å². The van der Waals surface area contributed by atoms with Crippen molar-refractivity contribution in [2.75, 3.05) is 37.6 Å². The van der Waals surface area contributed by atoms with Crippen molar-refractivity contribution in [1.29, 1.82) is 0 Å². The van der Waals surface area contributed by atoms with Crippen LogP contribution < -0.4 is 4.90 Å². The molecular weight excluding hydrogens is 352 g/mol. The maximum Gasteiger partial charge on any atom is 0.410 e. The summed E-state index contributed by atoms with van der Waals surface area (Å²) in [6, 6.07) is 5.26. The molecular formula is C22H36N4O2. The number of pyridine rings is 1. The lowest BCUT2D eigenvalue weighted by molar-refractivity contribution is 0.0240. The Labute approximate surface area is 169 Å². The number of ether oxygens (including phenoxy) is 1. The molecule has 0 spiro atoms. The van der Waals surface area contributed by atoms with Crippen molar-refractivity contribution in [3.63, 3.8) is 0 Å². The average molecular weight is 389 g/mol. The van der Waals surface area contributed by atoms with Gasteiger partial charge in [0.2, 0.25) is 0 Å². The predicted octanol–water partition coefficient (Wildman–Crippen LogP) is 4.07. The van der Waals surface area contributed by atoms with Crippen molar-refractivity contribution in [1.82, 2.24) is 14.8 Å². The van der Waals surface area contributed by atoms with Gasteiger partial charge in [-0.15, -0.1) is 0 Å². The van der Waals surface area contributed by atoms with E-state index in [1.54, 1.807) is 0 Å². The Balaban J connectivity index is 1.71. The molecule has 1 amide bonds. The molecule has 156 valence electrons. The Bertz CT molecular complexity index is 663. The molecule has 1 aromatic heterocycles. The van der Waals surface area contributed by atoms with E-state index in [1.807, 2.05) is 31.9 Å². The third-order valence-corrected chi connectivity index (χ3v) is 5.61. The van der Waals surface area contributed by atoms with Gasteiger partial charge in [-0.2, -0.15) is 0 Å². The third kappa shape index (κ3) is 4.96. The van der Waals surface area contributed by atoms with Crippen LogP contribution in [0.25, 0.3) is 0 Å². The minimum atomic E-state index is -0.455. The molecule has 3 heterocycles. The first-order valence-corrected chi connectivity index (χ1v) is 10.7. The third-order valence-electron chi connectivity index (χ3n) is 5.61. The number of nitrogens with zero attached hydrogens (tertiary/aromatic N) is 4. The van der Waals surface area contributed by atoms with E-state index in [9.17, 15) is 4.79 Å². The van der Waals surface area contributed by atoms with Crippen LogP contribution in [0.15, 0.2) is 18.3 Å². The van der Waals surface area contributed by atoms with E-state index >= 15 is 0 Å². The summed E-state index contributed by atoms with van der Waals surface area (Å²) in [7, 11) is 0. The fourth-order valence-electron chi connectivity index (χ4n) is 4.27. The van der Waals surface area contributed by atoms with Crippen molar-refractivity contribution in [3.8, 4) is 0 Å². The molecule has 2 fully saturated rings. The number of amides is 1. The summed E-state index contributed by atoms with van der Waals surface area (Å²) in [4.78, 5) is 23.9. The minimum Gasteiger partial charge on any atom is -0.444 e. The highest BCUT2D eigenvalue weighted by atomic mass is 16.6. The Morgan fingerprint density at radius 1 is 1.14 bits per heavy atom. The van der Waals surface area contributed by atoms with E-state index in [-0.39, 0.29) is 6.09 Å². The summed E-state index contributed by atoms with van der Waals surface area (Å²) in [5.74, 6) is 1.09. The van der Waals surface area contributed by atoms with Crippen LogP contribution in [0.4, 0.5) is 10.6 Å². The minimum absolute atomic E-state index is 0.216. The zero-order valence-corrected chi connectivity index (χ0v) is 18.1. The van der Waals surface area contributed by atoms with Gasteiger partial charge in [-0.3, -0.25) is 4.90 Å². The second kappa shape index (κ2) is 8.68. The van der Waals surface area contributed by atoms with Crippen LogP contribution in [-0.2, 0) is 4.74 Å². The summed E-state index contributed by atoms with van der Waals surface area (Å²) in [5, 5.41) is 0. The number of anilines is 1. The highest BCUT2D eigenvalue weighted by Gasteiger charge is 2.31. The van der Waals surface area contributed by atoms with Crippen LogP contribution in [0.2, 0.25) is 0 Å². The van der Waals surface area contributed by atoms with Gasteiger partial charge >= 0.3 is 6.09 Å². The first-order valence-electron chi connectivity index (χ1n) is 10.7. The predicted molar refractivity (Wildman–Crippen MR) is 113 cm³/mol. The molecule has 0 unspecified atom stereocenters. The summed E-state index contributed by atoms with van der Waals surface area (Å²) < 4.78 is 5.52. The highest BCUT2D eigenvalue weighted by molar-refractivity contribution is 5.68. The van der Waals surface area contributed by atoms with Crippen molar-refractivity contribution >= 4 is 11.9 Å². The van der Waals surface area contributed by atoms with E-state index in [0.29, 0.717) is 25.2 Å². The summed E-state index contributed by atoms with van der Waals surface area (Å²) >= 11 is 0. The van der Waals surface area contributed by atoms with Crippen LogP contribution in [-0.4, -0.2) is 65.2 Å². The second-order valence-electron chi connectivity index (χ2n) is 9.21. The Hall–Kier alpha value is -1.82. The maximum absolute atomic E-state index is 12.4. The fraction of sp³-hybridized carbons (Fsp3) is 0.727. The van der Waals surface area contributed by atoms with Crippen molar-refractivity contribution < 1.29 is 9.53 Å². The van der Waals surface area contributed by atoms with Gasteiger partial charge in [-0.25, -0.2) is 9.78 Å². The molecule has 0 bridgehead atoms. The topological polar surface area (TPSA) is 48.9 Å². The van der Waals surface area contributed by atoms with Crippen LogP contribution in [0.1, 0.15) is 65.5 Å². The molecule has 2 aliphatic heterocycles. The summed E-state index contributed by atoms with van der Waals surface area (Å²) in [5.41, 5.74) is 0.880. The Morgan fingerprint density at radius 2 is 1.86 bits per heavy atom. The smallest absolute Gasteiger partial charge is 0.410 e. The molecule has 3 rings (SSSR count). The number of piperidine rings is 1. The number of piperazine rings is 1. The first kappa shape index (κ1) is 20.9. The number of hydrogen-bond acceptors (Lipinski definition) is 5. The van der Waals surface area contributed by atoms with Gasteiger partial charge in [0, 0.05) is 50.0 Å². The van der Waals surface area contributed by atoms with Gasteiger partial charge in [-0.1, -0.05) is 12.5 Å². The largest absolute Gasteiger partial charge is 0.444 e. The molecule has 6 heteroatoms. The Kier molecular flexibility index (Phi) is 6.48. The molecule has 0 N–H and O–H groups in total. The second-order valence-corrected chi connectivity index (χ2v) is 9.21. The van der Waals surface area contributed by atoms with Gasteiger partial charge in [-0.05, 0) is 60.1 Å². The first-order chi connectivity index (χ1) is 13.3. The zero-order chi connectivity index (χ0) is 20.3. The number of aromatic nitrogens is 1. The molecule has 2 aliphatic rings. The molecule has 28 heavy (non-hydrogen) atoms. The van der Waals surface area contributed by atoms with E-state index in [4.69, 9.17) is 9.72 Å². The van der Waals surface area contributed by atoms with Gasteiger partial charge < -0.3 is 14.5 Å². The molecule has 1 atom stereocenters. The number of carbonyl (C=O) groups excluding carboxylic acids is 1. The molecule has 0 aromatic carbocycles. The van der Waals surface area contributed by atoms with Crippen molar-refractivity contribution in [2.24, 2.45) is 0 Å². The SMILES string of the molecule is CC(C)N1CCCC[C@@H]1c1cccnc1N1CCN(C(=O)OC(C)(C)C)CC1. The number of hydrogen-bond donors (Lipinski definition) is 0. The molecule has 0 radical (unpaired) electrons. The van der Waals surface area contributed by atoms with Gasteiger partial charge in [0.1, 0.15) is 11.4 Å². The standard InChI is InChI=1S/C22H36N4O2/c1-17(2)26-12-7-6-10-19(26)18-9-8-11-23-20(18)24-13-15-25(16-14-24)21(27)28-22(3,4)5/h8-9,11,17,19H,6-7,10,12-16H2,1-5H3/t19-/m1/s1. The van der Waals surface area contributed by atoms with Gasteiger partial charge in [0.05, 0.1) is 0 Å². The number of carbonyl (C=O) groups is 1. The Morgan fingerprint density at radius 3 is 2.50 bits per heavy atom. The summed E-state index contributed by atoms with van der Waals surface area (Å²) in [6.45, 7) is 14.4. The molecule has 0 aliphatic carbocycles. The summed E-state index contributed by atoms with van der Waals surface area (Å²) in [6.07, 6.45) is 5.41. The molecule has 6 nitrogen and oxygen atoms in total. The van der Waals surface area contributed by atoms with E-state index in [0.717, 1.165) is 25.5 Å². The van der Waals surface area contributed by atoms with Crippen molar-refractivity contribution in [3.05, 3.63) is 23.9 Å². The van der Waals surface area contributed by atoms with Crippen LogP contribution in [0, 0.1) is 0 Å². The quantitative estimate of drug-likeness (QED) is 0.781. The van der Waals surface area contributed by atoms with Gasteiger partial charge in [0.15, 0.2) is 0 Å². The van der Waals surface area contributed by atoms with Gasteiger partial charge in [0.25, 0.3) is 0 Å². The zero-order valence-electron chi connectivity index (χ0n) is 18.1. The van der Waals surface area contributed by atoms with Crippen LogP contribution in [0.3, 0.4) is 0 Å². The normalized spacial score (nSPS) is 21.9. The lowest BCUT2D eigenvalue weighted by atomic mass is 9.94. The van der Waals surface area contributed by atoms with Crippen molar-refractivity contribution in [2.45, 2.75) is 71.6 Å². The van der Waals surface area contributed by atoms with E-state index in [1.165, 1.54) is 24.8 Å².